The van der Waals surface area contributed by atoms with Crippen LogP contribution in [0.5, 0.6) is 11.5 Å². The van der Waals surface area contributed by atoms with Crippen LogP contribution in [-0.4, -0.2) is 28.8 Å². The number of thiophene rings is 1. The van der Waals surface area contributed by atoms with E-state index in [1.54, 1.807) is 18.2 Å². The minimum atomic E-state index is -0.484. The van der Waals surface area contributed by atoms with E-state index in [-0.39, 0.29) is 12.2 Å². The summed E-state index contributed by atoms with van der Waals surface area (Å²) in [4.78, 5) is 31.6. The first-order chi connectivity index (χ1) is 15.1. The van der Waals surface area contributed by atoms with Crippen LogP contribution in [0.25, 0.3) is 21.3 Å². The van der Waals surface area contributed by atoms with Crippen molar-refractivity contribution >= 4 is 27.5 Å². The number of aryl methyl sites for hydroxylation is 1. The molecule has 4 aromatic rings. The molecule has 0 saturated carbocycles. The van der Waals surface area contributed by atoms with Gasteiger partial charge in [0.1, 0.15) is 11.2 Å². The molecule has 8 heteroatoms. The molecule has 0 aliphatic heterocycles. The van der Waals surface area contributed by atoms with Crippen LogP contribution in [0, 0.1) is 6.92 Å². The molecular weight excluding hydrogens is 414 g/mol. The summed E-state index contributed by atoms with van der Waals surface area (Å²) < 4.78 is 12.2. The zero-order chi connectivity index (χ0) is 21.8. The number of hydrogen-bond donors (Lipinski definition) is 1. The summed E-state index contributed by atoms with van der Waals surface area (Å²) in [5.74, 6) is 0.530. The predicted molar refractivity (Wildman–Crippen MR) is 122 cm³/mol. The third kappa shape index (κ3) is 4.29. The van der Waals surface area contributed by atoms with Crippen LogP contribution < -0.4 is 20.5 Å². The Kier molecular flexibility index (Phi) is 5.99. The summed E-state index contributed by atoms with van der Waals surface area (Å²) in [6.07, 6.45) is 1.32. The summed E-state index contributed by atoms with van der Waals surface area (Å²) >= 11 is 1.45. The lowest BCUT2D eigenvalue weighted by Crippen LogP contribution is -2.35. The van der Waals surface area contributed by atoms with Crippen molar-refractivity contribution in [3.8, 4) is 22.6 Å². The van der Waals surface area contributed by atoms with E-state index in [1.165, 1.54) is 17.7 Å². The predicted octanol–water partition coefficient (Wildman–Crippen LogP) is 3.98. The highest BCUT2D eigenvalue weighted by molar-refractivity contribution is 7.19. The Labute approximate surface area is 182 Å². The van der Waals surface area contributed by atoms with Crippen molar-refractivity contribution in [1.29, 1.82) is 0 Å². The Morgan fingerprint density at radius 2 is 1.74 bits per heavy atom. The summed E-state index contributed by atoms with van der Waals surface area (Å²) in [5.41, 5.74) is 3.99. The van der Waals surface area contributed by atoms with Crippen molar-refractivity contribution < 1.29 is 14.3 Å². The second-order valence-corrected chi connectivity index (χ2v) is 7.91. The number of aromatic nitrogens is 2. The Hall–Kier alpha value is -3.65. The largest absolute Gasteiger partial charge is 0.490 e. The van der Waals surface area contributed by atoms with E-state index in [1.807, 2.05) is 50.2 Å². The molecule has 0 atom stereocenters. The van der Waals surface area contributed by atoms with Crippen LogP contribution in [0.2, 0.25) is 0 Å². The van der Waals surface area contributed by atoms with Gasteiger partial charge in [0.2, 0.25) is 0 Å². The monoisotopic (exact) mass is 435 g/mol. The molecule has 2 aromatic heterocycles. The Balaban J connectivity index is 1.57. The van der Waals surface area contributed by atoms with Gasteiger partial charge in [-0.3, -0.25) is 15.0 Å². The molecule has 0 fully saturated rings. The lowest BCUT2D eigenvalue weighted by Gasteiger charge is -2.12. The number of hydrogen-bond acceptors (Lipinski definition) is 6. The van der Waals surface area contributed by atoms with E-state index in [4.69, 9.17) is 9.47 Å². The lowest BCUT2D eigenvalue weighted by atomic mass is 10.0. The molecule has 7 nitrogen and oxygen atoms in total. The quantitative estimate of drug-likeness (QED) is 0.475. The van der Waals surface area contributed by atoms with Crippen molar-refractivity contribution in [3.63, 3.8) is 0 Å². The fourth-order valence-electron chi connectivity index (χ4n) is 3.29. The van der Waals surface area contributed by atoms with Crippen molar-refractivity contribution in [2.24, 2.45) is 0 Å². The van der Waals surface area contributed by atoms with Crippen molar-refractivity contribution in [2.45, 2.75) is 13.8 Å². The molecule has 2 heterocycles. The van der Waals surface area contributed by atoms with Gasteiger partial charge in [0.25, 0.3) is 11.5 Å². The lowest BCUT2D eigenvalue weighted by molar-refractivity contribution is -0.119. The smallest absolute Gasteiger partial charge is 0.281 e. The Morgan fingerprint density at radius 3 is 2.45 bits per heavy atom. The molecule has 158 valence electrons. The molecule has 31 heavy (non-hydrogen) atoms. The molecule has 1 N–H and O–H groups in total. The van der Waals surface area contributed by atoms with E-state index >= 15 is 0 Å². The van der Waals surface area contributed by atoms with Gasteiger partial charge in [-0.2, -0.15) is 0 Å². The molecule has 0 radical (unpaired) electrons. The van der Waals surface area contributed by atoms with Gasteiger partial charge in [0.05, 0.1) is 12.0 Å². The topological polar surface area (TPSA) is 82.4 Å². The summed E-state index contributed by atoms with van der Waals surface area (Å²) in [5, 5.41) is 0.485. The minimum absolute atomic E-state index is 0.275. The molecule has 0 spiro atoms. The number of benzene rings is 2. The fraction of sp³-hybridized carbons (Fsp3) is 0.174. The molecule has 0 bridgehead atoms. The highest BCUT2D eigenvalue weighted by Gasteiger charge is 2.17. The molecule has 0 aliphatic carbocycles. The van der Waals surface area contributed by atoms with Crippen LogP contribution in [0.3, 0.4) is 0 Å². The normalized spacial score (nSPS) is 10.8. The maximum Gasteiger partial charge on any atom is 0.281 e. The zero-order valence-corrected chi connectivity index (χ0v) is 17.9. The second kappa shape index (κ2) is 9.01. The molecular formula is C23H21N3O4S. The van der Waals surface area contributed by atoms with Gasteiger partial charge < -0.3 is 9.47 Å². The zero-order valence-electron chi connectivity index (χ0n) is 17.1. The van der Waals surface area contributed by atoms with Crippen LogP contribution in [0.15, 0.2) is 65.7 Å². The SMILES string of the molecule is CCOc1ccccc1OCC(=O)Nn1cnc2sc(C)c(-c3ccccc3)c2c1=O. The number of fused-ring (bicyclic) bond motifs is 1. The van der Waals surface area contributed by atoms with Crippen molar-refractivity contribution in [2.75, 3.05) is 18.6 Å². The first-order valence-corrected chi connectivity index (χ1v) is 10.6. The van der Waals surface area contributed by atoms with E-state index in [0.717, 1.165) is 20.7 Å². The van der Waals surface area contributed by atoms with Gasteiger partial charge >= 0.3 is 0 Å². The third-order valence-electron chi connectivity index (χ3n) is 4.60. The van der Waals surface area contributed by atoms with Gasteiger partial charge in [-0.25, -0.2) is 9.66 Å². The summed E-state index contributed by atoms with van der Waals surface area (Å²) in [6.45, 7) is 4.04. The summed E-state index contributed by atoms with van der Waals surface area (Å²) in [6, 6.07) is 16.8. The Morgan fingerprint density at radius 1 is 1.06 bits per heavy atom. The fourth-order valence-corrected chi connectivity index (χ4v) is 4.29. The van der Waals surface area contributed by atoms with Crippen LogP contribution >= 0.6 is 11.3 Å². The van der Waals surface area contributed by atoms with E-state index in [2.05, 4.69) is 10.4 Å². The maximum atomic E-state index is 13.1. The number of ether oxygens (including phenoxy) is 2. The molecule has 0 saturated heterocycles. The first-order valence-electron chi connectivity index (χ1n) is 9.79. The number of rotatable bonds is 7. The van der Waals surface area contributed by atoms with Crippen LogP contribution in [0.1, 0.15) is 11.8 Å². The number of nitrogens with one attached hydrogen (secondary N) is 1. The number of carbonyl (C=O) groups is 1. The van der Waals surface area contributed by atoms with E-state index < -0.39 is 5.91 Å². The van der Waals surface area contributed by atoms with Crippen molar-refractivity contribution in [3.05, 3.63) is 76.2 Å². The average Bonchev–Trinajstić information content (AvgIpc) is 3.12. The van der Waals surface area contributed by atoms with Gasteiger partial charge in [-0.15, -0.1) is 11.3 Å². The van der Waals surface area contributed by atoms with Crippen molar-refractivity contribution in [1.82, 2.24) is 9.66 Å². The highest BCUT2D eigenvalue weighted by Crippen LogP contribution is 2.35. The first kappa shape index (κ1) is 20.6. The molecule has 0 unspecified atom stereocenters. The minimum Gasteiger partial charge on any atom is -0.490 e. The number of carbonyl (C=O) groups excluding carboxylic acids is 1. The molecule has 4 rings (SSSR count). The number of amides is 1. The van der Waals surface area contributed by atoms with E-state index in [0.29, 0.717) is 28.3 Å². The second-order valence-electron chi connectivity index (χ2n) is 6.70. The van der Waals surface area contributed by atoms with Gasteiger partial charge in [-0.05, 0) is 31.5 Å². The molecule has 0 aliphatic rings. The Bertz CT molecular complexity index is 1280. The van der Waals surface area contributed by atoms with E-state index in [9.17, 15) is 9.59 Å². The molecule has 1 amide bonds. The van der Waals surface area contributed by atoms with Crippen LogP contribution in [0.4, 0.5) is 0 Å². The third-order valence-corrected chi connectivity index (χ3v) is 5.62. The van der Waals surface area contributed by atoms with Gasteiger partial charge in [-0.1, -0.05) is 42.5 Å². The number of para-hydroxylation sites is 2. The maximum absolute atomic E-state index is 13.1. The molecule has 2 aromatic carbocycles. The van der Waals surface area contributed by atoms with Gasteiger partial charge in [0, 0.05) is 10.4 Å². The highest BCUT2D eigenvalue weighted by atomic mass is 32.1. The standard InChI is InChI=1S/C23H21N3O4S/c1-3-29-17-11-7-8-12-18(17)30-13-19(27)25-26-14-24-22-21(23(26)28)20(15(2)31-22)16-9-5-4-6-10-16/h4-12,14H,3,13H2,1-2H3,(H,25,27). The number of nitrogens with zero attached hydrogens (tertiary/aromatic N) is 2. The summed E-state index contributed by atoms with van der Waals surface area (Å²) in [7, 11) is 0. The van der Waals surface area contributed by atoms with Crippen LogP contribution in [-0.2, 0) is 4.79 Å². The average molecular weight is 436 g/mol. The van der Waals surface area contributed by atoms with Gasteiger partial charge in [0.15, 0.2) is 18.1 Å².